The van der Waals surface area contributed by atoms with Crippen molar-refractivity contribution in [3.8, 4) is 0 Å². The van der Waals surface area contributed by atoms with Gasteiger partial charge in [-0.25, -0.2) is 14.4 Å². The van der Waals surface area contributed by atoms with E-state index in [1.165, 1.54) is 0 Å². The van der Waals surface area contributed by atoms with Crippen LogP contribution in [0.15, 0.2) is 38.0 Å². The van der Waals surface area contributed by atoms with Crippen molar-refractivity contribution in [2.45, 2.75) is 82.7 Å². The molecule has 234 valence electrons. The third-order valence-corrected chi connectivity index (χ3v) is 5.67. The van der Waals surface area contributed by atoms with Crippen molar-refractivity contribution in [2.24, 2.45) is 0 Å². The molecule has 0 radical (unpaired) electrons. The number of ether oxygens (including phenoxy) is 7. The molecule has 0 unspecified atom stereocenters. The van der Waals surface area contributed by atoms with Crippen molar-refractivity contribution in [2.75, 3.05) is 26.4 Å². The minimum absolute atomic E-state index is 0.0218. The predicted molar refractivity (Wildman–Crippen MR) is 145 cm³/mol. The summed E-state index contributed by atoms with van der Waals surface area (Å²) in [5.74, 6) is -3.34. The zero-order chi connectivity index (χ0) is 31.2. The van der Waals surface area contributed by atoms with Crippen LogP contribution in [0, 0.1) is 0 Å². The molecule has 0 bridgehead atoms. The molecule has 1 aliphatic rings. The summed E-state index contributed by atoms with van der Waals surface area (Å²) < 4.78 is 36.5. The molecule has 0 aromatic carbocycles. The van der Waals surface area contributed by atoms with Crippen LogP contribution in [0.25, 0.3) is 0 Å². The Labute approximate surface area is 245 Å². The topological polar surface area (TPSA) is 167 Å². The van der Waals surface area contributed by atoms with Crippen molar-refractivity contribution < 1.29 is 61.9 Å². The molecule has 0 aromatic rings. The van der Waals surface area contributed by atoms with Crippen LogP contribution in [0.2, 0.25) is 0 Å². The van der Waals surface area contributed by atoms with Gasteiger partial charge in [0.2, 0.25) is 6.29 Å². The average molecular weight is 597 g/mol. The quantitative estimate of drug-likeness (QED) is 0.0822. The van der Waals surface area contributed by atoms with Gasteiger partial charge in [0.25, 0.3) is 0 Å². The molecule has 0 N–H and O–H groups in total. The Hall–Kier alpha value is -4.00. The van der Waals surface area contributed by atoms with Crippen LogP contribution < -0.4 is 0 Å². The molecular weight excluding hydrogens is 556 g/mol. The highest BCUT2D eigenvalue weighted by molar-refractivity contribution is 5.81. The molecule has 0 aromatic heterocycles. The lowest BCUT2D eigenvalue weighted by molar-refractivity contribution is -0.230. The monoisotopic (exact) mass is 596 g/mol. The average Bonchev–Trinajstić information content (AvgIpc) is 2.97. The Balaban J connectivity index is 2.58. The largest absolute Gasteiger partial charge is 0.463 e. The Morgan fingerprint density at radius 2 is 0.952 bits per heavy atom. The summed E-state index contributed by atoms with van der Waals surface area (Å²) in [6.45, 7) is 10.1. The van der Waals surface area contributed by atoms with Gasteiger partial charge in [-0.2, -0.15) is 0 Å². The van der Waals surface area contributed by atoms with Crippen LogP contribution in [0.4, 0.5) is 0 Å². The fourth-order valence-corrected chi connectivity index (χ4v) is 3.51. The molecule has 0 aliphatic carbocycles. The standard InChI is InChI=1S/C29H40O13/c1-4-23(30)36-16-10-7-13-26(33)40-21-19-29(42-28(35)15-9-12-18-38-25(32)6-3)39-20-22(21)41-27(34)14-8-11-17-37-24(31)5-2/h4-6,21-22,29H,1-3,7-20H2/t21-,22+,29+/m0/s1. The first-order valence-corrected chi connectivity index (χ1v) is 13.8. The molecule has 13 nitrogen and oxygen atoms in total. The summed E-state index contributed by atoms with van der Waals surface area (Å²) >= 11 is 0. The molecule has 1 fully saturated rings. The summed E-state index contributed by atoms with van der Waals surface area (Å²) in [5.41, 5.74) is 0. The van der Waals surface area contributed by atoms with E-state index in [0.29, 0.717) is 38.5 Å². The lowest BCUT2D eigenvalue weighted by Crippen LogP contribution is -2.47. The molecule has 3 atom stereocenters. The van der Waals surface area contributed by atoms with Gasteiger partial charge in [0, 0.05) is 37.5 Å². The van der Waals surface area contributed by atoms with Crippen molar-refractivity contribution in [1.82, 2.24) is 0 Å². The van der Waals surface area contributed by atoms with Gasteiger partial charge in [-0.05, 0) is 38.5 Å². The van der Waals surface area contributed by atoms with Crippen LogP contribution in [0.1, 0.15) is 64.2 Å². The van der Waals surface area contributed by atoms with Gasteiger partial charge >= 0.3 is 35.8 Å². The van der Waals surface area contributed by atoms with Gasteiger partial charge in [-0.15, -0.1) is 0 Å². The first kappa shape index (κ1) is 36.0. The molecule has 1 aliphatic heterocycles. The number of unbranched alkanes of at least 4 members (excludes halogenated alkanes) is 3. The highest BCUT2D eigenvalue weighted by Gasteiger charge is 2.38. The second-order valence-corrected chi connectivity index (χ2v) is 9.03. The van der Waals surface area contributed by atoms with Crippen LogP contribution in [0.5, 0.6) is 0 Å². The number of carbonyl (C=O) groups excluding carboxylic acids is 6. The van der Waals surface area contributed by atoms with E-state index in [1.54, 1.807) is 0 Å². The Bertz CT molecular complexity index is 942. The summed E-state index contributed by atoms with van der Waals surface area (Å²) in [6, 6.07) is 0. The van der Waals surface area contributed by atoms with Crippen LogP contribution in [0.3, 0.4) is 0 Å². The van der Waals surface area contributed by atoms with E-state index in [9.17, 15) is 28.8 Å². The summed E-state index contributed by atoms with van der Waals surface area (Å²) in [4.78, 5) is 70.4. The molecular formula is C29H40O13. The molecule has 13 heteroatoms. The summed E-state index contributed by atoms with van der Waals surface area (Å²) in [7, 11) is 0. The van der Waals surface area contributed by atoms with E-state index < -0.39 is 54.3 Å². The normalized spacial score (nSPS) is 17.6. The fraction of sp³-hybridized carbons (Fsp3) is 0.586. The molecule has 42 heavy (non-hydrogen) atoms. The first-order valence-electron chi connectivity index (χ1n) is 13.8. The molecule has 0 amide bonds. The first-order chi connectivity index (χ1) is 20.2. The summed E-state index contributed by atoms with van der Waals surface area (Å²) in [6.07, 6.45) is 2.80. The van der Waals surface area contributed by atoms with Gasteiger partial charge in [0.05, 0.1) is 32.8 Å². The van der Waals surface area contributed by atoms with E-state index >= 15 is 0 Å². The van der Waals surface area contributed by atoms with Crippen molar-refractivity contribution in [3.05, 3.63) is 38.0 Å². The zero-order valence-corrected chi connectivity index (χ0v) is 23.8. The maximum atomic E-state index is 12.5. The third kappa shape index (κ3) is 17.0. The molecule has 1 heterocycles. The highest BCUT2D eigenvalue weighted by atomic mass is 16.7. The van der Waals surface area contributed by atoms with E-state index in [2.05, 4.69) is 19.7 Å². The van der Waals surface area contributed by atoms with E-state index in [1.807, 2.05) is 0 Å². The molecule has 1 saturated heterocycles. The number of hydrogen-bond donors (Lipinski definition) is 0. The number of esters is 6. The number of rotatable bonds is 21. The van der Waals surface area contributed by atoms with Crippen molar-refractivity contribution >= 4 is 35.8 Å². The fourth-order valence-electron chi connectivity index (χ4n) is 3.51. The zero-order valence-electron chi connectivity index (χ0n) is 23.8. The van der Waals surface area contributed by atoms with Crippen LogP contribution >= 0.6 is 0 Å². The van der Waals surface area contributed by atoms with Gasteiger partial charge in [-0.3, -0.25) is 14.4 Å². The van der Waals surface area contributed by atoms with Crippen LogP contribution in [-0.4, -0.2) is 80.7 Å². The lowest BCUT2D eigenvalue weighted by Gasteiger charge is -2.34. The van der Waals surface area contributed by atoms with E-state index in [-0.39, 0.29) is 52.1 Å². The maximum Gasteiger partial charge on any atom is 0.330 e. The minimum Gasteiger partial charge on any atom is -0.463 e. The van der Waals surface area contributed by atoms with E-state index in [0.717, 1.165) is 18.2 Å². The van der Waals surface area contributed by atoms with Gasteiger partial charge in [0.15, 0.2) is 6.10 Å². The molecule has 1 rings (SSSR count). The maximum absolute atomic E-state index is 12.5. The third-order valence-electron chi connectivity index (χ3n) is 5.67. The second kappa shape index (κ2) is 21.7. The van der Waals surface area contributed by atoms with Gasteiger partial charge in [-0.1, -0.05) is 19.7 Å². The SMILES string of the molecule is C=CC(=O)OCCCCC(=O)O[C@@H]1C[C@H](OC(=O)CCCCOC(=O)C=C)[C@H](OC(=O)CCCCOC(=O)C=C)CO1. The lowest BCUT2D eigenvalue weighted by atomic mass is 10.1. The summed E-state index contributed by atoms with van der Waals surface area (Å²) in [5, 5.41) is 0. The molecule has 0 saturated carbocycles. The van der Waals surface area contributed by atoms with Crippen molar-refractivity contribution in [1.29, 1.82) is 0 Å². The van der Waals surface area contributed by atoms with Gasteiger partial charge < -0.3 is 33.2 Å². The Morgan fingerprint density at radius 1 is 0.571 bits per heavy atom. The highest BCUT2D eigenvalue weighted by Crippen LogP contribution is 2.23. The smallest absolute Gasteiger partial charge is 0.330 e. The van der Waals surface area contributed by atoms with Crippen molar-refractivity contribution in [3.63, 3.8) is 0 Å². The number of carbonyl (C=O) groups is 6. The Kier molecular flexibility index (Phi) is 18.6. The second-order valence-electron chi connectivity index (χ2n) is 9.03. The van der Waals surface area contributed by atoms with E-state index in [4.69, 9.17) is 33.2 Å². The molecule has 0 spiro atoms. The van der Waals surface area contributed by atoms with Gasteiger partial charge in [0.1, 0.15) is 6.10 Å². The minimum atomic E-state index is -1.03. The Morgan fingerprint density at radius 3 is 1.36 bits per heavy atom. The number of hydrogen-bond acceptors (Lipinski definition) is 13. The van der Waals surface area contributed by atoms with Crippen LogP contribution in [-0.2, 0) is 61.9 Å². The predicted octanol–water partition coefficient (Wildman–Crippen LogP) is 2.80.